The fourth-order valence-electron chi connectivity index (χ4n) is 1.64. The first kappa shape index (κ1) is 13.4. The summed E-state index contributed by atoms with van der Waals surface area (Å²) in [5, 5.41) is 15.3. The molecule has 0 aromatic rings. The first-order valence-corrected chi connectivity index (χ1v) is 5.43. The summed E-state index contributed by atoms with van der Waals surface area (Å²) in [6, 6.07) is 0. The highest BCUT2D eigenvalue weighted by Gasteiger charge is 2.37. The summed E-state index contributed by atoms with van der Waals surface area (Å²) in [4.78, 5) is 11.6. The molecule has 1 heterocycles. The van der Waals surface area contributed by atoms with Crippen LogP contribution in [0.2, 0.25) is 0 Å². The monoisotopic (exact) mass is 232 g/mol. The van der Waals surface area contributed by atoms with Gasteiger partial charge >= 0.3 is 0 Å². The van der Waals surface area contributed by atoms with E-state index in [4.69, 9.17) is 9.47 Å². The van der Waals surface area contributed by atoms with Crippen molar-refractivity contribution in [1.29, 1.82) is 0 Å². The van der Waals surface area contributed by atoms with Crippen LogP contribution in [-0.4, -0.2) is 63.2 Å². The molecule has 0 radical (unpaired) electrons. The minimum Gasteiger partial charge on any atom is -0.390 e. The third-order valence-electron chi connectivity index (χ3n) is 2.52. The topological polar surface area (TPSA) is 79.8 Å². The van der Waals surface area contributed by atoms with Crippen LogP contribution in [0.1, 0.15) is 6.42 Å². The normalized spacial score (nSPS) is 29.3. The van der Waals surface area contributed by atoms with Crippen LogP contribution in [0.15, 0.2) is 0 Å². The van der Waals surface area contributed by atoms with Gasteiger partial charge in [-0.1, -0.05) is 0 Å². The third-order valence-corrected chi connectivity index (χ3v) is 2.52. The summed E-state index contributed by atoms with van der Waals surface area (Å²) in [5.41, 5.74) is 0. The van der Waals surface area contributed by atoms with E-state index in [1.54, 1.807) is 0 Å². The molecule has 1 rings (SSSR count). The van der Waals surface area contributed by atoms with E-state index in [0.717, 1.165) is 0 Å². The van der Waals surface area contributed by atoms with Crippen LogP contribution < -0.4 is 10.6 Å². The summed E-state index contributed by atoms with van der Waals surface area (Å²) in [6.07, 6.45) is -1.25. The van der Waals surface area contributed by atoms with Gasteiger partial charge < -0.3 is 25.2 Å². The Morgan fingerprint density at radius 2 is 2.31 bits per heavy atom. The van der Waals surface area contributed by atoms with Crippen LogP contribution in [0.25, 0.3) is 0 Å². The Labute approximate surface area is 95.3 Å². The van der Waals surface area contributed by atoms with Gasteiger partial charge in [-0.25, -0.2) is 0 Å². The number of amides is 1. The lowest BCUT2D eigenvalue weighted by Crippen LogP contribution is -2.38. The molecule has 0 aromatic carbocycles. The predicted octanol–water partition coefficient (Wildman–Crippen LogP) is -1.51. The summed E-state index contributed by atoms with van der Waals surface area (Å²) in [5.74, 6) is -0.173. The Hall–Kier alpha value is -0.690. The van der Waals surface area contributed by atoms with E-state index >= 15 is 0 Å². The highest BCUT2D eigenvalue weighted by Crippen LogP contribution is 2.20. The molecule has 0 spiro atoms. The molecule has 6 heteroatoms. The largest absolute Gasteiger partial charge is 0.390 e. The number of hydrogen-bond donors (Lipinski definition) is 3. The van der Waals surface area contributed by atoms with E-state index in [2.05, 4.69) is 10.6 Å². The van der Waals surface area contributed by atoms with Crippen molar-refractivity contribution in [3.05, 3.63) is 0 Å². The van der Waals surface area contributed by atoms with Crippen molar-refractivity contribution < 1.29 is 19.4 Å². The molecule has 3 unspecified atom stereocenters. The molecule has 0 aliphatic carbocycles. The Balaban J connectivity index is 2.30. The highest BCUT2D eigenvalue weighted by molar-refractivity contribution is 5.81. The molecule has 1 saturated heterocycles. The Morgan fingerprint density at radius 3 is 2.94 bits per heavy atom. The molecule has 1 aliphatic rings. The van der Waals surface area contributed by atoms with Gasteiger partial charge in [0, 0.05) is 26.6 Å². The van der Waals surface area contributed by atoms with Crippen molar-refractivity contribution in [2.45, 2.75) is 24.7 Å². The molecule has 0 bridgehead atoms. The van der Waals surface area contributed by atoms with Crippen LogP contribution in [0.3, 0.4) is 0 Å². The SMILES string of the molecule is CNCCNC(=O)C1CC(O)C(COC)O1. The molecule has 94 valence electrons. The number of ether oxygens (including phenoxy) is 2. The Bertz CT molecular complexity index is 225. The number of carbonyl (C=O) groups excluding carboxylic acids is 1. The molecule has 3 atom stereocenters. The maximum absolute atomic E-state index is 11.6. The standard InChI is InChI=1S/C10H20N2O4/c1-11-3-4-12-10(14)8-5-7(13)9(16-8)6-15-2/h7-9,11,13H,3-6H2,1-2H3,(H,12,14). The van der Waals surface area contributed by atoms with Crippen LogP contribution in [0, 0.1) is 0 Å². The average molecular weight is 232 g/mol. The zero-order valence-corrected chi connectivity index (χ0v) is 9.73. The lowest BCUT2D eigenvalue weighted by Gasteiger charge is -2.13. The lowest BCUT2D eigenvalue weighted by molar-refractivity contribution is -0.133. The van der Waals surface area contributed by atoms with Crippen molar-refractivity contribution in [2.24, 2.45) is 0 Å². The third kappa shape index (κ3) is 3.71. The molecule has 1 fully saturated rings. The number of carbonyl (C=O) groups is 1. The maximum Gasteiger partial charge on any atom is 0.249 e. The van der Waals surface area contributed by atoms with Crippen LogP contribution in [0.5, 0.6) is 0 Å². The number of methoxy groups -OCH3 is 1. The van der Waals surface area contributed by atoms with Gasteiger partial charge in [0.2, 0.25) is 5.91 Å². The zero-order chi connectivity index (χ0) is 12.0. The van der Waals surface area contributed by atoms with Crippen molar-refractivity contribution in [3.8, 4) is 0 Å². The maximum atomic E-state index is 11.6. The quantitative estimate of drug-likeness (QED) is 0.485. The van der Waals surface area contributed by atoms with E-state index in [9.17, 15) is 9.90 Å². The minimum atomic E-state index is -0.625. The molecule has 0 saturated carbocycles. The van der Waals surface area contributed by atoms with Gasteiger partial charge in [-0.05, 0) is 7.05 Å². The summed E-state index contributed by atoms with van der Waals surface area (Å²) in [6.45, 7) is 1.57. The molecule has 3 N–H and O–H groups in total. The van der Waals surface area contributed by atoms with Gasteiger partial charge in [-0.15, -0.1) is 0 Å². The Kier molecular flexibility index (Phi) is 5.68. The van der Waals surface area contributed by atoms with Crippen LogP contribution >= 0.6 is 0 Å². The molecule has 0 aromatic heterocycles. The van der Waals surface area contributed by atoms with E-state index in [1.165, 1.54) is 7.11 Å². The van der Waals surface area contributed by atoms with Gasteiger partial charge in [-0.3, -0.25) is 4.79 Å². The average Bonchev–Trinajstić information content (AvgIpc) is 2.61. The second kappa shape index (κ2) is 6.80. The number of likely N-dealkylation sites (N-methyl/N-ethyl adjacent to an activating group) is 1. The van der Waals surface area contributed by atoms with Gasteiger partial charge in [0.1, 0.15) is 12.2 Å². The van der Waals surface area contributed by atoms with Gasteiger partial charge in [0.05, 0.1) is 12.7 Å². The number of rotatable bonds is 6. The minimum absolute atomic E-state index is 0.173. The van der Waals surface area contributed by atoms with Gasteiger partial charge in [0.25, 0.3) is 0 Å². The van der Waals surface area contributed by atoms with Gasteiger partial charge in [0.15, 0.2) is 0 Å². The number of aliphatic hydroxyl groups excluding tert-OH is 1. The van der Waals surface area contributed by atoms with E-state index in [0.29, 0.717) is 26.1 Å². The molecule has 1 aliphatic heterocycles. The van der Waals surface area contributed by atoms with Crippen molar-refractivity contribution in [1.82, 2.24) is 10.6 Å². The van der Waals surface area contributed by atoms with Gasteiger partial charge in [-0.2, -0.15) is 0 Å². The van der Waals surface area contributed by atoms with Crippen LogP contribution in [0.4, 0.5) is 0 Å². The fourth-order valence-corrected chi connectivity index (χ4v) is 1.64. The second-order valence-electron chi connectivity index (χ2n) is 3.82. The van der Waals surface area contributed by atoms with Crippen molar-refractivity contribution in [2.75, 3.05) is 33.9 Å². The second-order valence-corrected chi connectivity index (χ2v) is 3.82. The smallest absolute Gasteiger partial charge is 0.249 e. The van der Waals surface area contributed by atoms with Crippen molar-refractivity contribution in [3.63, 3.8) is 0 Å². The first-order valence-electron chi connectivity index (χ1n) is 5.43. The summed E-state index contributed by atoms with van der Waals surface area (Å²) >= 11 is 0. The molecule has 1 amide bonds. The number of nitrogens with one attached hydrogen (secondary N) is 2. The summed E-state index contributed by atoms with van der Waals surface area (Å²) in [7, 11) is 3.35. The summed E-state index contributed by atoms with van der Waals surface area (Å²) < 4.78 is 10.3. The molecular formula is C10H20N2O4. The van der Waals surface area contributed by atoms with E-state index < -0.39 is 18.3 Å². The fraction of sp³-hybridized carbons (Fsp3) is 0.900. The molecular weight excluding hydrogens is 212 g/mol. The first-order chi connectivity index (χ1) is 7.69. The predicted molar refractivity (Wildman–Crippen MR) is 58.1 cm³/mol. The zero-order valence-electron chi connectivity index (χ0n) is 9.73. The highest BCUT2D eigenvalue weighted by atomic mass is 16.6. The number of hydrogen-bond acceptors (Lipinski definition) is 5. The van der Waals surface area contributed by atoms with Crippen LogP contribution in [-0.2, 0) is 14.3 Å². The van der Waals surface area contributed by atoms with E-state index in [-0.39, 0.29) is 5.91 Å². The van der Waals surface area contributed by atoms with Crippen molar-refractivity contribution >= 4 is 5.91 Å². The number of aliphatic hydroxyl groups is 1. The lowest BCUT2D eigenvalue weighted by atomic mass is 10.1. The van der Waals surface area contributed by atoms with E-state index in [1.807, 2.05) is 7.05 Å². The Morgan fingerprint density at radius 1 is 1.56 bits per heavy atom. The molecule has 16 heavy (non-hydrogen) atoms. The molecule has 6 nitrogen and oxygen atoms in total.